The first kappa shape index (κ1) is 13.9. The summed E-state index contributed by atoms with van der Waals surface area (Å²) in [5, 5.41) is 9.64. The second-order valence-electron chi connectivity index (χ2n) is 3.64. The zero-order valence-electron chi connectivity index (χ0n) is 10.6. The Balaban J connectivity index is 2.33. The topological polar surface area (TPSA) is 112 Å². The summed E-state index contributed by atoms with van der Waals surface area (Å²) in [7, 11) is 2.90. The molecule has 0 unspecified atom stereocenters. The van der Waals surface area contributed by atoms with Crippen LogP contribution in [0.5, 0.6) is 11.5 Å². The van der Waals surface area contributed by atoms with E-state index in [-0.39, 0.29) is 11.5 Å². The molecule has 0 bridgehead atoms. The fourth-order valence-electron chi connectivity index (χ4n) is 1.49. The molecule has 0 radical (unpaired) electrons. The lowest BCUT2D eigenvalue weighted by Gasteiger charge is -2.12. The van der Waals surface area contributed by atoms with Crippen molar-refractivity contribution in [1.82, 2.24) is 10.3 Å². The van der Waals surface area contributed by atoms with E-state index in [9.17, 15) is 4.79 Å². The summed E-state index contributed by atoms with van der Waals surface area (Å²) < 4.78 is 14.6. The largest absolute Gasteiger partial charge is 0.495 e. The van der Waals surface area contributed by atoms with Crippen molar-refractivity contribution in [2.45, 2.75) is 0 Å². The lowest BCUT2D eigenvalue weighted by molar-refractivity contribution is 0.101. The van der Waals surface area contributed by atoms with Gasteiger partial charge in [0.1, 0.15) is 11.5 Å². The third-order valence-corrected chi connectivity index (χ3v) is 2.75. The minimum atomic E-state index is -0.591. The number of hydrogen-bond donors (Lipinski definition) is 2. The van der Waals surface area contributed by atoms with Crippen LogP contribution >= 0.6 is 11.6 Å². The molecule has 0 spiro atoms. The first-order valence-corrected chi connectivity index (χ1v) is 5.75. The number of carbonyl (C=O) groups excluding carboxylic acids is 1. The highest BCUT2D eigenvalue weighted by atomic mass is 35.5. The number of amides is 1. The number of rotatable bonds is 4. The van der Waals surface area contributed by atoms with E-state index in [0.717, 1.165) is 0 Å². The number of carbonyl (C=O) groups is 1. The van der Waals surface area contributed by atoms with Crippen molar-refractivity contribution in [2.75, 3.05) is 25.3 Å². The Kier molecular flexibility index (Phi) is 3.94. The van der Waals surface area contributed by atoms with Crippen molar-refractivity contribution < 1.29 is 18.9 Å². The standard InChI is InChI=1S/C11H11ClN4O4/c1-18-7-4-6(8(19-2)3-5(7)12)14-11(17)9-10(13)16-20-15-9/h3-4H,1-2H3,(H2,13,16)(H,14,17). The molecule has 2 aromatic rings. The average molecular weight is 299 g/mol. The SMILES string of the molecule is COc1cc(NC(=O)c2nonc2N)c(OC)cc1Cl. The minimum absolute atomic E-state index is 0.109. The smallest absolute Gasteiger partial charge is 0.281 e. The lowest BCUT2D eigenvalue weighted by Crippen LogP contribution is -2.15. The quantitative estimate of drug-likeness (QED) is 0.881. The normalized spacial score (nSPS) is 10.2. The number of nitrogen functional groups attached to an aromatic ring is 1. The molecule has 1 aromatic carbocycles. The van der Waals surface area contributed by atoms with E-state index in [1.807, 2.05) is 0 Å². The molecule has 1 amide bonds. The van der Waals surface area contributed by atoms with E-state index in [1.54, 1.807) is 0 Å². The van der Waals surface area contributed by atoms with Crippen LogP contribution in [-0.4, -0.2) is 30.4 Å². The van der Waals surface area contributed by atoms with E-state index < -0.39 is 5.91 Å². The van der Waals surface area contributed by atoms with Gasteiger partial charge in [-0.3, -0.25) is 4.79 Å². The summed E-state index contributed by atoms with van der Waals surface area (Å²) >= 11 is 5.97. The van der Waals surface area contributed by atoms with Gasteiger partial charge in [-0.05, 0) is 10.3 Å². The van der Waals surface area contributed by atoms with Gasteiger partial charge in [-0.25, -0.2) is 4.63 Å². The number of nitrogens with two attached hydrogens (primary N) is 1. The van der Waals surface area contributed by atoms with Crippen molar-refractivity contribution in [3.63, 3.8) is 0 Å². The third-order valence-electron chi connectivity index (χ3n) is 2.45. The predicted octanol–water partition coefficient (Wildman–Crippen LogP) is 1.57. The zero-order valence-corrected chi connectivity index (χ0v) is 11.4. The minimum Gasteiger partial charge on any atom is -0.495 e. The molecule has 1 aromatic heterocycles. The van der Waals surface area contributed by atoms with Gasteiger partial charge < -0.3 is 20.5 Å². The maximum absolute atomic E-state index is 12.0. The summed E-state index contributed by atoms with van der Waals surface area (Å²) in [6, 6.07) is 3.03. The molecule has 0 fully saturated rings. The zero-order chi connectivity index (χ0) is 14.7. The second kappa shape index (κ2) is 5.66. The van der Waals surface area contributed by atoms with Crippen LogP contribution in [0, 0.1) is 0 Å². The number of nitrogens with zero attached hydrogens (tertiary/aromatic N) is 2. The number of aromatic nitrogens is 2. The van der Waals surface area contributed by atoms with Gasteiger partial charge in [-0.15, -0.1) is 0 Å². The highest BCUT2D eigenvalue weighted by molar-refractivity contribution is 6.32. The molecule has 1 heterocycles. The Hall–Kier alpha value is -2.48. The third kappa shape index (κ3) is 2.59. The van der Waals surface area contributed by atoms with Crippen LogP contribution in [0.2, 0.25) is 5.02 Å². The van der Waals surface area contributed by atoms with Crippen LogP contribution in [0.15, 0.2) is 16.8 Å². The number of methoxy groups -OCH3 is 2. The molecule has 0 saturated heterocycles. The first-order chi connectivity index (χ1) is 9.56. The second-order valence-corrected chi connectivity index (χ2v) is 4.05. The fraction of sp³-hybridized carbons (Fsp3) is 0.182. The molecule has 20 heavy (non-hydrogen) atoms. The predicted molar refractivity (Wildman–Crippen MR) is 71.2 cm³/mol. The van der Waals surface area contributed by atoms with Gasteiger partial charge in [-0.2, -0.15) is 0 Å². The molecule has 2 rings (SSSR count). The van der Waals surface area contributed by atoms with Crippen LogP contribution in [-0.2, 0) is 0 Å². The molecular weight excluding hydrogens is 288 g/mol. The van der Waals surface area contributed by atoms with Crippen LogP contribution in [0.3, 0.4) is 0 Å². The van der Waals surface area contributed by atoms with Crippen molar-refractivity contribution in [3.05, 3.63) is 22.8 Å². The number of benzene rings is 1. The molecule has 0 aliphatic rings. The number of halogens is 1. The molecular formula is C11H11ClN4O4. The Bertz CT molecular complexity index is 643. The van der Waals surface area contributed by atoms with Crippen LogP contribution < -0.4 is 20.5 Å². The Morgan fingerprint density at radius 1 is 1.30 bits per heavy atom. The van der Waals surface area contributed by atoms with Gasteiger partial charge in [0.2, 0.25) is 11.5 Å². The summed E-state index contributed by atoms with van der Waals surface area (Å²) in [4.78, 5) is 12.0. The van der Waals surface area contributed by atoms with E-state index in [4.69, 9.17) is 26.8 Å². The Morgan fingerprint density at radius 2 is 2.00 bits per heavy atom. The van der Waals surface area contributed by atoms with Gasteiger partial charge in [0.05, 0.1) is 24.9 Å². The number of hydrogen-bond acceptors (Lipinski definition) is 7. The highest BCUT2D eigenvalue weighted by Crippen LogP contribution is 2.36. The van der Waals surface area contributed by atoms with Crippen LogP contribution in [0.25, 0.3) is 0 Å². The van der Waals surface area contributed by atoms with Crippen molar-refractivity contribution in [2.24, 2.45) is 0 Å². The summed E-state index contributed by atoms with van der Waals surface area (Å²) in [6.45, 7) is 0. The van der Waals surface area contributed by atoms with Gasteiger partial charge in [0, 0.05) is 12.1 Å². The van der Waals surface area contributed by atoms with E-state index in [1.165, 1.54) is 26.4 Å². The lowest BCUT2D eigenvalue weighted by atomic mass is 10.2. The average Bonchev–Trinajstić information content (AvgIpc) is 2.86. The van der Waals surface area contributed by atoms with Crippen molar-refractivity contribution >= 4 is 29.0 Å². The number of anilines is 2. The van der Waals surface area contributed by atoms with Gasteiger partial charge in [-0.1, -0.05) is 11.6 Å². The maximum Gasteiger partial charge on any atom is 0.281 e. The van der Waals surface area contributed by atoms with E-state index >= 15 is 0 Å². The van der Waals surface area contributed by atoms with E-state index in [0.29, 0.717) is 22.2 Å². The molecule has 0 atom stereocenters. The van der Waals surface area contributed by atoms with E-state index in [2.05, 4.69) is 20.3 Å². The Labute approximate surface area is 118 Å². The molecule has 0 aliphatic carbocycles. The molecule has 0 saturated carbocycles. The van der Waals surface area contributed by atoms with Crippen molar-refractivity contribution in [3.8, 4) is 11.5 Å². The summed E-state index contributed by atoms with van der Waals surface area (Å²) in [6.07, 6.45) is 0. The summed E-state index contributed by atoms with van der Waals surface area (Å²) in [5.41, 5.74) is 5.66. The van der Waals surface area contributed by atoms with Gasteiger partial charge >= 0.3 is 0 Å². The Morgan fingerprint density at radius 3 is 2.55 bits per heavy atom. The summed E-state index contributed by atoms with van der Waals surface area (Å²) in [5.74, 6) is 0.0435. The highest BCUT2D eigenvalue weighted by Gasteiger charge is 2.19. The first-order valence-electron chi connectivity index (χ1n) is 5.37. The number of nitrogens with one attached hydrogen (secondary N) is 1. The molecule has 106 valence electrons. The van der Waals surface area contributed by atoms with Crippen LogP contribution in [0.1, 0.15) is 10.5 Å². The molecule has 8 nitrogen and oxygen atoms in total. The van der Waals surface area contributed by atoms with Gasteiger partial charge in [0.15, 0.2) is 0 Å². The van der Waals surface area contributed by atoms with Crippen molar-refractivity contribution in [1.29, 1.82) is 0 Å². The fourth-order valence-corrected chi connectivity index (χ4v) is 1.72. The molecule has 0 aliphatic heterocycles. The van der Waals surface area contributed by atoms with Gasteiger partial charge in [0.25, 0.3) is 5.91 Å². The monoisotopic (exact) mass is 298 g/mol. The molecule has 9 heteroatoms. The molecule has 3 N–H and O–H groups in total. The number of ether oxygens (including phenoxy) is 2. The van der Waals surface area contributed by atoms with Crippen LogP contribution in [0.4, 0.5) is 11.5 Å². The maximum atomic E-state index is 12.0.